The van der Waals surface area contributed by atoms with E-state index in [1.807, 2.05) is 13.8 Å². The Morgan fingerprint density at radius 2 is 1.92 bits per heavy atom. The van der Waals surface area contributed by atoms with Crippen LogP contribution in [0.25, 0.3) is 0 Å². The highest BCUT2D eigenvalue weighted by molar-refractivity contribution is 6.01. The summed E-state index contributed by atoms with van der Waals surface area (Å²) in [6.45, 7) is 8.37. The lowest BCUT2D eigenvalue weighted by Gasteiger charge is -2.22. The van der Waals surface area contributed by atoms with Gasteiger partial charge in [0, 0.05) is 31.2 Å². The largest absolute Gasteiger partial charge is 0.352 e. The Morgan fingerprint density at radius 1 is 1.25 bits per heavy atom. The molecule has 2 atom stereocenters. The zero-order chi connectivity index (χ0) is 16.6. The second-order valence-corrected chi connectivity index (χ2v) is 6.85. The van der Waals surface area contributed by atoms with Crippen LogP contribution >= 0.6 is 12.4 Å². The summed E-state index contributed by atoms with van der Waals surface area (Å²) in [5.74, 6) is -0.190. The molecule has 24 heavy (non-hydrogen) atoms. The first kappa shape index (κ1) is 18.7. The smallest absolute Gasteiger partial charge is 0.227 e. The monoisotopic (exact) mass is 351 g/mol. The lowest BCUT2D eigenvalue weighted by molar-refractivity contribution is -0.126. The summed E-state index contributed by atoms with van der Waals surface area (Å²) in [6.07, 6.45) is 1.27. The average Bonchev–Trinajstić information content (AvgIpc) is 3.08. The zero-order valence-corrected chi connectivity index (χ0v) is 15.3. The third kappa shape index (κ3) is 3.73. The van der Waals surface area contributed by atoms with Gasteiger partial charge in [0.2, 0.25) is 11.8 Å². The van der Waals surface area contributed by atoms with Gasteiger partial charge in [-0.15, -0.1) is 12.4 Å². The number of nitrogens with zero attached hydrogens (tertiary/aromatic N) is 1. The number of halogens is 1. The third-order valence-electron chi connectivity index (χ3n) is 4.81. The van der Waals surface area contributed by atoms with E-state index in [2.05, 4.69) is 29.7 Å². The fraction of sp³-hybridized carbons (Fsp3) is 0.556. The molecule has 3 rings (SSSR count). The summed E-state index contributed by atoms with van der Waals surface area (Å²) in [4.78, 5) is 26.7. The van der Waals surface area contributed by atoms with Crippen LogP contribution < -0.4 is 15.5 Å². The summed E-state index contributed by atoms with van der Waals surface area (Å²) in [5, 5.41) is 6.31. The maximum atomic E-state index is 12.4. The Bertz CT molecular complexity index is 618. The van der Waals surface area contributed by atoms with Crippen molar-refractivity contribution >= 4 is 29.9 Å². The molecule has 2 aliphatic heterocycles. The molecule has 0 spiro atoms. The molecule has 2 saturated heterocycles. The van der Waals surface area contributed by atoms with Crippen molar-refractivity contribution in [1.82, 2.24) is 10.6 Å². The van der Waals surface area contributed by atoms with Gasteiger partial charge in [-0.2, -0.15) is 0 Å². The predicted octanol–water partition coefficient (Wildman–Crippen LogP) is 1.86. The van der Waals surface area contributed by atoms with E-state index in [0.717, 1.165) is 36.3 Å². The fourth-order valence-electron chi connectivity index (χ4n) is 3.79. The minimum atomic E-state index is -0.247. The van der Waals surface area contributed by atoms with Gasteiger partial charge in [0.05, 0.1) is 5.92 Å². The number of amides is 2. The van der Waals surface area contributed by atoms with E-state index < -0.39 is 0 Å². The number of carbonyl (C=O) groups is 2. The summed E-state index contributed by atoms with van der Waals surface area (Å²) in [6, 6.07) is 4.38. The van der Waals surface area contributed by atoms with E-state index >= 15 is 0 Å². The molecular weight excluding hydrogens is 326 g/mol. The van der Waals surface area contributed by atoms with E-state index in [1.54, 1.807) is 4.90 Å². The molecule has 2 fully saturated rings. The van der Waals surface area contributed by atoms with E-state index in [1.165, 1.54) is 5.56 Å². The van der Waals surface area contributed by atoms with Gasteiger partial charge in [-0.1, -0.05) is 17.7 Å². The van der Waals surface area contributed by atoms with Gasteiger partial charge in [-0.25, -0.2) is 0 Å². The third-order valence-corrected chi connectivity index (χ3v) is 4.81. The molecule has 2 aliphatic rings. The first-order chi connectivity index (χ1) is 11.0. The van der Waals surface area contributed by atoms with Gasteiger partial charge < -0.3 is 15.5 Å². The van der Waals surface area contributed by atoms with Crippen LogP contribution in [0.15, 0.2) is 12.1 Å². The second kappa shape index (κ2) is 7.53. The summed E-state index contributed by atoms with van der Waals surface area (Å²) in [7, 11) is 0. The van der Waals surface area contributed by atoms with Crippen LogP contribution in [-0.2, 0) is 9.59 Å². The topological polar surface area (TPSA) is 61.4 Å². The van der Waals surface area contributed by atoms with Crippen molar-refractivity contribution in [3.05, 3.63) is 28.8 Å². The number of carbonyl (C=O) groups excluding carboxylic acids is 2. The maximum Gasteiger partial charge on any atom is 0.227 e. The molecule has 1 aromatic carbocycles. The van der Waals surface area contributed by atoms with Crippen LogP contribution in [0.4, 0.5) is 5.69 Å². The fourth-order valence-corrected chi connectivity index (χ4v) is 3.79. The first-order valence-corrected chi connectivity index (χ1v) is 8.35. The molecule has 2 heterocycles. The normalized spacial score (nSPS) is 23.3. The van der Waals surface area contributed by atoms with Crippen LogP contribution in [0, 0.1) is 26.7 Å². The van der Waals surface area contributed by atoms with Crippen molar-refractivity contribution < 1.29 is 9.59 Å². The van der Waals surface area contributed by atoms with Crippen LogP contribution in [-0.4, -0.2) is 37.5 Å². The predicted molar refractivity (Wildman–Crippen MR) is 97.8 cm³/mol. The van der Waals surface area contributed by atoms with Crippen LogP contribution in [0.3, 0.4) is 0 Å². The Morgan fingerprint density at radius 3 is 2.50 bits per heavy atom. The van der Waals surface area contributed by atoms with Crippen LogP contribution in [0.5, 0.6) is 0 Å². The second-order valence-electron chi connectivity index (χ2n) is 6.85. The molecule has 1 aromatic rings. The molecule has 6 heteroatoms. The Hall–Kier alpha value is -1.59. The lowest BCUT2D eigenvalue weighted by atomic mass is 10.0. The molecular formula is C18H26ClN3O2. The van der Waals surface area contributed by atoms with Gasteiger partial charge in [-0.3, -0.25) is 9.59 Å². The van der Waals surface area contributed by atoms with Gasteiger partial charge in [-0.05, 0) is 44.9 Å². The SMILES string of the molecule is Cc1cc(C)c(N2CC(C(=O)NC3CCNC3)CC2=O)c(C)c1.Cl. The van der Waals surface area contributed by atoms with Crippen molar-refractivity contribution in [2.45, 2.75) is 39.7 Å². The summed E-state index contributed by atoms with van der Waals surface area (Å²) >= 11 is 0. The molecule has 0 radical (unpaired) electrons. The molecule has 5 nitrogen and oxygen atoms in total. The first-order valence-electron chi connectivity index (χ1n) is 8.35. The lowest BCUT2D eigenvalue weighted by Crippen LogP contribution is -2.41. The van der Waals surface area contributed by atoms with Crippen molar-refractivity contribution in [3.8, 4) is 0 Å². The highest BCUT2D eigenvalue weighted by Crippen LogP contribution is 2.31. The minimum absolute atomic E-state index is 0. The van der Waals surface area contributed by atoms with Gasteiger partial charge in [0.25, 0.3) is 0 Å². The van der Waals surface area contributed by atoms with Gasteiger partial charge >= 0.3 is 0 Å². The Kier molecular flexibility index (Phi) is 5.88. The molecule has 0 aromatic heterocycles. The van der Waals surface area contributed by atoms with Gasteiger partial charge in [0.15, 0.2) is 0 Å². The number of anilines is 1. The zero-order valence-electron chi connectivity index (χ0n) is 14.5. The van der Waals surface area contributed by atoms with Crippen molar-refractivity contribution in [2.24, 2.45) is 5.92 Å². The summed E-state index contributed by atoms with van der Waals surface area (Å²) < 4.78 is 0. The number of hydrogen-bond acceptors (Lipinski definition) is 3. The van der Waals surface area contributed by atoms with Crippen molar-refractivity contribution in [1.29, 1.82) is 0 Å². The van der Waals surface area contributed by atoms with E-state index in [9.17, 15) is 9.59 Å². The molecule has 0 aliphatic carbocycles. The standard InChI is InChI=1S/C18H25N3O2.ClH/c1-11-6-12(2)17(13(3)7-11)21-10-14(8-16(21)22)18(23)20-15-4-5-19-9-15;/h6-7,14-15,19H,4-5,8-10H2,1-3H3,(H,20,23);1H. The quantitative estimate of drug-likeness (QED) is 0.873. The molecule has 0 bridgehead atoms. The van der Waals surface area contributed by atoms with Gasteiger partial charge in [0.1, 0.15) is 0 Å². The van der Waals surface area contributed by atoms with Crippen LogP contribution in [0.1, 0.15) is 29.5 Å². The number of aryl methyl sites for hydroxylation is 3. The number of benzene rings is 1. The van der Waals surface area contributed by atoms with E-state index in [-0.39, 0.29) is 36.2 Å². The average molecular weight is 352 g/mol. The summed E-state index contributed by atoms with van der Waals surface area (Å²) in [5.41, 5.74) is 4.35. The highest BCUT2D eigenvalue weighted by atomic mass is 35.5. The molecule has 0 saturated carbocycles. The highest BCUT2D eigenvalue weighted by Gasteiger charge is 2.37. The Labute approximate surface area is 149 Å². The molecule has 2 N–H and O–H groups in total. The molecule has 2 unspecified atom stereocenters. The van der Waals surface area contributed by atoms with E-state index in [4.69, 9.17) is 0 Å². The molecule has 132 valence electrons. The van der Waals surface area contributed by atoms with E-state index in [0.29, 0.717) is 13.0 Å². The van der Waals surface area contributed by atoms with Crippen molar-refractivity contribution in [3.63, 3.8) is 0 Å². The number of nitrogens with one attached hydrogen (secondary N) is 2. The Balaban J connectivity index is 0.00000208. The van der Waals surface area contributed by atoms with Crippen LogP contribution in [0.2, 0.25) is 0 Å². The maximum absolute atomic E-state index is 12.4. The number of hydrogen-bond donors (Lipinski definition) is 2. The molecule has 2 amide bonds. The number of rotatable bonds is 3. The van der Waals surface area contributed by atoms with Crippen molar-refractivity contribution in [2.75, 3.05) is 24.5 Å². The minimum Gasteiger partial charge on any atom is -0.352 e.